The fraction of sp³-hybridized carbons (Fsp3) is 0.100. The van der Waals surface area contributed by atoms with Crippen LogP contribution >= 0.6 is 11.3 Å². The highest BCUT2D eigenvalue weighted by Crippen LogP contribution is 2.30. The molecular weight excluding hydrogens is 496 g/mol. The maximum absolute atomic E-state index is 12.7. The first-order valence-electron chi connectivity index (χ1n) is 11.9. The Morgan fingerprint density at radius 3 is 2.45 bits per heavy atom. The highest BCUT2D eigenvalue weighted by molar-refractivity contribution is 7.14. The number of hydrazone groups is 1. The predicted molar refractivity (Wildman–Crippen MR) is 154 cm³/mol. The lowest BCUT2D eigenvalue weighted by Gasteiger charge is -2.10. The van der Waals surface area contributed by atoms with Crippen LogP contribution in [0.5, 0.6) is 11.5 Å². The normalized spacial score (nSPS) is 11.0. The van der Waals surface area contributed by atoms with Gasteiger partial charge in [-0.05, 0) is 60.2 Å². The summed E-state index contributed by atoms with van der Waals surface area (Å²) in [5.74, 6) is 1.06. The summed E-state index contributed by atoms with van der Waals surface area (Å²) in [6.45, 7) is 2.06. The van der Waals surface area contributed by atoms with Crippen LogP contribution in [0.3, 0.4) is 0 Å². The van der Waals surface area contributed by atoms with Crippen molar-refractivity contribution in [3.05, 3.63) is 101 Å². The third-order valence-electron chi connectivity index (χ3n) is 6.06. The number of carbonyl (C=O) groups excluding carboxylic acids is 1. The lowest BCUT2D eigenvalue weighted by Crippen LogP contribution is -2.17. The van der Waals surface area contributed by atoms with Gasteiger partial charge in [-0.25, -0.2) is 10.4 Å². The molecule has 0 bridgehead atoms. The van der Waals surface area contributed by atoms with Gasteiger partial charge in [-0.15, -0.1) is 11.3 Å². The molecule has 2 N–H and O–H groups in total. The number of nitrogens with zero attached hydrogens (tertiary/aromatic N) is 2. The molecule has 8 heteroatoms. The summed E-state index contributed by atoms with van der Waals surface area (Å²) in [5.41, 5.74) is 7.81. The van der Waals surface area contributed by atoms with E-state index in [0.29, 0.717) is 11.3 Å². The molecule has 38 heavy (non-hydrogen) atoms. The topological polar surface area (TPSA) is 84.8 Å². The summed E-state index contributed by atoms with van der Waals surface area (Å²) in [5, 5.41) is 12.2. The van der Waals surface area contributed by atoms with Crippen LogP contribution in [0.1, 0.15) is 21.5 Å². The molecule has 0 spiro atoms. The van der Waals surface area contributed by atoms with Gasteiger partial charge in [-0.1, -0.05) is 42.0 Å². The smallest absolute Gasteiger partial charge is 0.271 e. The van der Waals surface area contributed by atoms with Crippen molar-refractivity contribution in [1.29, 1.82) is 0 Å². The van der Waals surface area contributed by atoms with Gasteiger partial charge in [-0.3, -0.25) is 4.79 Å². The molecule has 0 radical (unpaired) electrons. The number of aromatic nitrogens is 1. The standard InChI is InChI=1S/C30H26N4O3S/c1-19-4-12-23(13-5-19)32-30-33-27(18-38-30)21-6-8-22(9-7-21)29(35)34-31-17-26-25-16-24(36-2)14-10-20(25)11-15-28(26)37-3/h4-18H,1-3H3,(H,32,33)(H,34,35)/b31-17-. The van der Waals surface area contributed by atoms with Crippen molar-refractivity contribution < 1.29 is 14.3 Å². The molecule has 0 atom stereocenters. The SMILES string of the molecule is COc1ccc2ccc(OC)c(/C=N\NC(=O)c3ccc(-c4csc(Nc5ccc(C)cc5)n4)cc3)c2c1. The van der Waals surface area contributed by atoms with Crippen LogP contribution in [0.25, 0.3) is 22.0 Å². The van der Waals surface area contributed by atoms with Gasteiger partial charge in [0.1, 0.15) is 11.5 Å². The minimum atomic E-state index is -0.315. The fourth-order valence-electron chi connectivity index (χ4n) is 3.98. The minimum Gasteiger partial charge on any atom is -0.497 e. The van der Waals surface area contributed by atoms with Crippen molar-refractivity contribution in [2.24, 2.45) is 5.10 Å². The summed E-state index contributed by atoms with van der Waals surface area (Å²) in [6.07, 6.45) is 1.59. The Balaban J connectivity index is 1.27. The Labute approximate surface area is 224 Å². The van der Waals surface area contributed by atoms with Crippen molar-refractivity contribution >= 4 is 45.0 Å². The highest BCUT2D eigenvalue weighted by Gasteiger charge is 2.10. The molecule has 1 heterocycles. The lowest BCUT2D eigenvalue weighted by molar-refractivity contribution is 0.0955. The van der Waals surface area contributed by atoms with Gasteiger partial charge < -0.3 is 14.8 Å². The minimum absolute atomic E-state index is 0.315. The molecular formula is C30H26N4O3S. The second-order valence-electron chi connectivity index (χ2n) is 8.57. The molecule has 1 aromatic heterocycles. The Kier molecular flexibility index (Phi) is 7.33. The summed E-state index contributed by atoms with van der Waals surface area (Å²) in [6, 6.07) is 25.1. The summed E-state index contributed by atoms with van der Waals surface area (Å²) < 4.78 is 10.9. The van der Waals surface area contributed by atoms with Crippen molar-refractivity contribution in [3.8, 4) is 22.8 Å². The van der Waals surface area contributed by atoms with E-state index in [4.69, 9.17) is 9.47 Å². The molecule has 0 unspecified atom stereocenters. The number of aryl methyl sites for hydroxylation is 1. The number of anilines is 2. The van der Waals surface area contributed by atoms with Crippen molar-refractivity contribution in [2.75, 3.05) is 19.5 Å². The Hall–Kier alpha value is -4.69. The van der Waals surface area contributed by atoms with Gasteiger partial charge in [0, 0.05) is 27.8 Å². The van der Waals surface area contributed by atoms with E-state index in [2.05, 4.69) is 39.9 Å². The van der Waals surface area contributed by atoms with Crippen LogP contribution in [-0.2, 0) is 0 Å². The molecule has 1 amide bonds. The first kappa shape index (κ1) is 25.0. The molecule has 7 nitrogen and oxygen atoms in total. The second kappa shape index (κ2) is 11.1. The maximum Gasteiger partial charge on any atom is 0.271 e. The quantitative estimate of drug-likeness (QED) is 0.173. The van der Waals surface area contributed by atoms with Crippen LogP contribution < -0.4 is 20.2 Å². The predicted octanol–water partition coefficient (Wildman–Crippen LogP) is 6.80. The van der Waals surface area contributed by atoms with Gasteiger partial charge in [0.2, 0.25) is 0 Å². The van der Waals surface area contributed by atoms with Crippen LogP contribution in [0.15, 0.2) is 89.3 Å². The first-order valence-corrected chi connectivity index (χ1v) is 12.8. The number of ether oxygens (including phenoxy) is 2. The number of methoxy groups -OCH3 is 2. The fourth-order valence-corrected chi connectivity index (χ4v) is 4.72. The summed E-state index contributed by atoms with van der Waals surface area (Å²) >= 11 is 1.53. The van der Waals surface area contributed by atoms with Crippen molar-refractivity contribution in [3.63, 3.8) is 0 Å². The average molecular weight is 523 g/mol. The number of thiazole rings is 1. The Morgan fingerprint density at radius 1 is 0.947 bits per heavy atom. The number of fused-ring (bicyclic) bond motifs is 1. The molecule has 5 rings (SSSR count). The number of carbonyl (C=O) groups is 1. The zero-order valence-corrected chi connectivity index (χ0v) is 22.0. The average Bonchev–Trinajstić information content (AvgIpc) is 3.42. The van der Waals surface area contributed by atoms with Crippen molar-refractivity contribution in [2.45, 2.75) is 6.92 Å². The van der Waals surface area contributed by atoms with Crippen LogP contribution in [0.4, 0.5) is 10.8 Å². The molecule has 190 valence electrons. The van der Waals surface area contributed by atoms with Crippen molar-refractivity contribution in [1.82, 2.24) is 10.4 Å². The number of amides is 1. The molecule has 0 aliphatic heterocycles. The van der Waals surface area contributed by atoms with E-state index in [1.54, 1.807) is 32.6 Å². The molecule has 5 aromatic rings. The van der Waals surface area contributed by atoms with Crippen LogP contribution in [0.2, 0.25) is 0 Å². The van der Waals surface area contributed by atoms with Crippen LogP contribution in [-0.4, -0.2) is 31.3 Å². The monoisotopic (exact) mass is 522 g/mol. The largest absolute Gasteiger partial charge is 0.497 e. The van der Waals surface area contributed by atoms with Gasteiger partial charge in [0.25, 0.3) is 5.91 Å². The van der Waals surface area contributed by atoms with E-state index in [9.17, 15) is 4.79 Å². The number of nitrogens with one attached hydrogen (secondary N) is 2. The second-order valence-corrected chi connectivity index (χ2v) is 9.43. The van der Waals surface area contributed by atoms with Gasteiger partial charge in [0.05, 0.1) is 26.1 Å². The van der Waals surface area contributed by atoms with E-state index < -0.39 is 0 Å². The third-order valence-corrected chi connectivity index (χ3v) is 6.82. The highest BCUT2D eigenvalue weighted by atomic mass is 32.1. The van der Waals surface area contributed by atoms with E-state index in [0.717, 1.165) is 44.2 Å². The molecule has 0 aliphatic rings. The maximum atomic E-state index is 12.7. The number of hydrogen-bond acceptors (Lipinski definition) is 7. The molecule has 0 aliphatic carbocycles. The third kappa shape index (κ3) is 5.50. The molecule has 0 fully saturated rings. The summed E-state index contributed by atoms with van der Waals surface area (Å²) in [7, 11) is 3.22. The molecule has 0 saturated heterocycles. The number of benzene rings is 4. The molecule has 0 saturated carbocycles. The zero-order chi connectivity index (χ0) is 26.5. The van der Waals surface area contributed by atoms with E-state index >= 15 is 0 Å². The summed E-state index contributed by atoms with van der Waals surface area (Å²) in [4.78, 5) is 17.4. The number of rotatable bonds is 8. The number of hydrogen-bond donors (Lipinski definition) is 2. The molecule has 4 aromatic carbocycles. The van der Waals surface area contributed by atoms with E-state index in [-0.39, 0.29) is 5.91 Å². The van der Waals surface area contributed by atoms with Crippen LogP contribution in [0, 0.1) is 6.92 Å². The van der Waals surface area contributed by atoms with Gasteiger partial charge >= 0.3 is 0 Å². The van der Waals surface area contributed by atoms with Gasteiger partial charge in [-0.2, -0.15) is 5.10 Å². The Bertz CT molecular complexity index is 1600. The lowest BCUT2D eigenvalue weighted by atomic mass is 10.0. The van der Waals surface area contributed by atoms with Gasteiger partial charge in [0.15, 0.2) is 5.13 Å². The zero-order valence-electron chi connectivity index (χ0n) is 21.2. The Morgan fingerprint density at radius 2 is 1.71 bits per heavy atom. The first-order chi connectivity index (χ1) is 18.5. The van der Waals surface area contributed by atoms with E-state index in [1.807, 2.05) is 60.0 Å². The van der Waals surface area contributed by atoms with E-state index in [1.165, 1.54) is 16.9 Å².